The van der Waals surface area contributed by atoms with Crippen LogP contribution in [0.3, 0.4) is 0 Å². The maximum Gasteiger partial charge on any atom is 0.119 e. The van der Waals surface area contributed by atoms with Gasteiger partial charge < -0.3 is 4.74 Å². The van der Waals surface area contributed by atoms with Crippen molar-refractivity contribution in [3.8, 4) is 5.75 Å². The largest absolute Gasteiger partial charge is 0.494 e. The molecular weight excluding hydrogens is 250 g/mol. The van der Waals surface area contributed by atoms with Gasteiger partial charge in [-0.15, -0.1) is 0 Å². The molecule has 1 saturated carbocycles. The molecule has 112 valence electrons. The summed E-state index contributed by atoms with van der Waals surface area (Å²) in [6.45, 7) is 5.97. The summed E-state index contributed by atoms with van der Waals surface area (Å²) in [7, 11) is 0. The van der Waals surface area contributed by atoms with Crippen molar-refractivity contribution in [3.63, 3.8) is 0 Å². The fourth-order valence-electron chi connectivity index (χ4n) is 2.37. The number of nitrogens with one attached hydrogen (secondary N) is 1. The summed E-state index contributed by atoms with van der Waals surface area (Å²) in [5.41, 5.74) is 4.30. The Hall–Kier alpha value is -1.06. The predicted molar refractivity (Wildman–Crippen MR) is 81.6 cm³/mol. The molecule has 1 aromatic rings. The van der Waals surface area contributed by atoms with E-state index in [2.05, 4.69) is 31.5 Å². The Labute approximate surface area is 122 Å². The Morgan fingerprint density at radius 1 is 1.15 bits per heavy atom. The highest BCUT2D eigenvalue weighted by Gasteiger charge is 2.15. The molecule has 0 unspecified atom stereocenters. The van der Waals surface area contributed by atoms with Crippen LogP contribution in [0.4, 0.5) is 0 Å². The molecule has 20 heavy (non-hydrogen) atoms. The molecule has 0 spiro atoms. The summed E-state index contributed by atoms with van der Waals surface area (Å²) in [5.74, 6) is 1.64. The van der Waals surface area contributed by atoms with E-state index in [0.717, 1.165) is 25.3 Å². The van der Waals surface area contributed by atoms with Crippen LogP contribution in [0.5, 0.6) is 5.75 Å². The van der Waals surface area contributed by atoms with E-state index >= 15 is 0 Å². The highest BCUT2D eigenvalue weighted by Crippen LogP contribution is 2.20. The first-order valence-electron chi connectivity index (χ1n) is 7.84. The van der Waals surface area contributed by atoms with E-state index in [-0.39, 0.29) is 0 Å². The topological polar surface area (TPSA) is 30.5 Å². The van der Waals surface area contributed by atoms with E-state index in [1.54, 1.807) is 0 Å². The van der Waals surface area contributed by atoms with Crippen LogP contribution in [-0.2, 0) is 11.4 Å². The summed E-state index contributed by atoms with van der Waals surface area (Å²) >= 11 is 0. The zero-order valence-corrected chi connectivity index (χ0v) is 12.7. The highest BCUT2D eigenvalue weighted by molar-refractivity contribution is 5.27. The number of benzene rings is 1. The fraction of sp³-hybridized carbons (Fsp3) is 0.647. The van der Waals surface area contributed by atoms with Crippen molar-refractivity contribution >= 4 is 0 Å². The second-order valence-corrected chi connectivity index (χ2v) is 6.02. The van der Waals surface area contributed by atoms with Crippen molar-refractivity contribution in [1.29, 1.82) is 0 Å². The highest BCUT2D eigenvalue weighted by atomic mass is 16.7. The van der Waals surface area contributed by atoms with Crippen LogP contribution in [0.25, 0.3) is 0 Å². The predicted octanol–water partition coefficient (Wildman–Crippen LogP) is 4.08. The molecule has 3 heteroatoms. The molecule has 1 aromatic carbocycles. The summed E-state index contributed by atoms with van der Waals surface area (Å²) in [4.78, 5) is 5.65. The van der Waals surface area contributed by atoms with Crippen LogP contribution in [0.1, 0.15) is 51.5 Å². The van der Waals surface area contributed by atoms with Crippen molar-refractivity contribution in [1.82, 2.24) is 5.48 Å². The summed E-state index contributed by atoms with van der Waals surface area (Å²) < 4.78 is 5.71. The van der Waals surface area contributed by atoms with Gasteiger partial charge in [0.05, 0.1) is 12.7 Å². The molecule has 0 heterocycles. The van der Waals surface area contributed by atoms with Crippen LogP contribution in [0.2, 0.25) is 0 Å². The number of hydroxylamine groups is 1. The summed E-state index contributed by atoms with van der Waals surface area (Å²) in [5, 5.41) is 0. The van der Waals surface area contributed by atoms with Gasteiger partial charge in [0.2, 0.25) is 0 Å². The first-order chi connectivity index (χ1) is 9.74. The van der Waals surface area contributed by atoms with E-state index in [0.29, 0.717) is 12.0 Å². The van der Waals surface area contributed by atoms with Gasteiger partial charge in [0, 0.05) is 6.54 Å². The Balaban J connectivity index is 1.65. The average molecular weight is 277 g/mol. The molecule has 1 fully saturated rings. The lowest BCUT2D eigenvalue weighted by atomic mass is 10.1. The lowest BCUT2D eigenvalue weighted by Crippen LogP contribution is -2.21. The van der Waals surface area contributed by atoms with Crippen molar-refractivity contribution in [2.24, 2.45) is 5.92 Å². The van der Waals surface area contributed by atoms with Crippen molar-refractivity contribution in [2.45, 2.75) is 58.6 Å². The number of rotatable bonds is 8. The minimum atomic E-state index is 0.411. The zero-order chi connectivity index (χ0) is 14.2. The molecule has 0 atom stereocenters. The Kier molecular flexibility index (Phi) is 6.34. The van der Waals surface area contributed by atoms with E-state index in [9.17, 15) is 0 Å². The van der Waals surface area contributed by atoms with Crippen LogP contribution < -0.4 is 10.2 Å². The van der Waals surface area contributed by atoms with Gasteiger partial charge in [-0.3, -0.25) is 4.84 Å². The van der Waals surface area contributed by atoms with Crippen molar-refractivity contribution < 1.29 is 9.57 Å². The van der Waals surface area contributed by atoms with Gasteiger partial charge in [-0.1, -0.05) is 38.8 Å². The third kappa shape index (κ3) is 5.51. The fourth-order valence-corrected chi connectivity index (χ4v) is 2.37. The second kappa shape index (κ2) is 8.28. The van der Waals surface area contributed by atoms with Gasteiger partial charge in [0.15, 0.2) is 0 Å². The van der Waals surface area contributed by atoms with Crippen molar-refractivity contribution in [2.75, 3.05) is 6.61 Å². The molecule has 0 saturated heterocycles. The molecule has 0 aliphatic heterocycles. The van der Waals surface area contributed by atoms with Crippen LogP contribution >= 0.6 is 0 Å². The Bertz CT molecular complexity index is 369. The molecule has 0 aromatic heterocycles. The van der Waals surface area contributed by atoms with Gasteiger partial charge in [-0.25, -0.2) is 0 Å². The number of hydrogen-bond acceptors (Lipinski definition) is 3. The monoisotopic (exact) mass is 277 g/mol. The van der Waals surface area contributed by atoms with E-state index in [1.165, 1.54) is 31.2 Å². The minimum Gasteiger partial charge on any atom is -0.494 e. The lowest BCUT2D eigenvalue weighted by Gasteiger charge is -2.12. The van der Waals surface area contributed by atoms with Gasteiger partial charge in [-0.05, 0) is 42.9 Å². The van der Waals surface area contributed by atoms with Gasteiger partial charge in [0.25, 0.3) is 0 Å². The smallest absolute Gasteiger partial charge is 0.119 e. The third-order valence-corrected chi connectivity index (χ3v) is 3.72. The van der Waals surface area contributed by atoms with Gasteiger partial charge >= 0.3 is 0 Å². The molecule has 3 nitrogen and oxygen atoms in total. The summed E-state index contributed by atoms with van der Waals surface area (Å²) in [6, 6.07) is 8.26. The molecule has 1 N–H and O–H groups in total. The zero-order valence-electron chi connectivity index (χ0n) is 12.7. The Morgan fingerprint density at radius 2 is 1.85 bits per heavy atom. The lowest BCUT2D eigenvalue weighted by molar-refractivity contribution is -0.0244. The standard InChI is InChI=1S/C17H27NO2/c1-14(2)11-12-19-16-9-7-15(8-10-16)13-18-20-17-5-3-4-6-17/h7-10,14,17-18H,3-6,11-13H2,1-2H3. The van der Waals surface area contributed by atoms with Crippen LogP contribution in [0.15, 0.2) is 24.3 Å². The maximum absolute atomic E-state index is 5.71. The molecular formula is C17H27NO2. The SMILES string of the molecule is CC(C)CCOc1ccc(CNOC2CCCC2)cc1. The summed E-state index contributed by atoms with van der Waals surface area (Å²) in [6.07, 6.45) is 6.49. The van der Waals surface area contributed by atoms with E-state index < -0.39 is 0 Å². The maximum atomic E-state index is 5.71. The Morgan fingerprint density at radius 3 is 2.50 bits per heavy atom. The second-order valence-electron chi connectivity index (χ2n) is 6.02. The molecule has 1 aliphatic carbocycles. The first-order valence-corrected chi connectivity index (χ1v) is 7.84. The molecule has 0 radical (unpaired) electrons. The van der Waals surface area contributed by atoms with Crippen molar-refractivity contribution in [3.05, 3.63) is 29.8 Å². The van der Waals surface area contributed by atoms with E-state index in [4.69, 9.17) is 9.57 Å². The third-order valence-electron chi connectivity index (χ3n) is 3.72. The van der Waals surface area contributed by atoms with E-state index in [1.807, 2.05) is 12.1 Å². The molecule has 0 amide bonds. The molecule has 0 bridgehead atoms. The number of ether oxygens (including phenoxy) is 1. The van der Waals surface area contributed by atoms with Crippen LogP contribution in [0, 0.1) is 5.92 Å². The average Bonchev–Trinajstić information content (AvgIpc) is 2.93. The number of hydrogen-bond donors (Lipinski definition) is 1. The van der Waals surface area contributed by atoms with Crippen LogP contribution in [-0.4, -0.2) is 12.7 Å². The normalized spacial score (nSPS) is 15.9. The van der Waals surface area contributed by atoms with Gasteiger partial charge in [0.1, 0.15) is 5.75 Å². The minimum absolute atomic E-state index is 0.411. The molecule has 2 rings (SSSR count). The first kappa shape index (κ1) is 15.3. The molecule has 1 aliphatic rings. The quantitative estimate of drug-likeness (QED) is 0.726. The van der Waals surface area contributed by atoms with Gasteiger partial charge in [-0.2, -0.15) is 5.48 Å².